The van der Waals surface area contributed by atoms with Gasteiger partial charge in [0, 0.05) is 31.7 Å². The SMILES string of the molecule is CCCCC(C)N1CC[C@H]2NCCO[C@@H]2C1. The normalized spacial score (nSPS) is 33.4. The zero-order chi connectivity index (χ0) is 11.4. The number of piperidine rings is 1. The molecule has 2 aliphatic rings. The Morgan fingerprint density at radius 2 is 2.38 bits per heavy atom. The molecule has 3 nitrogen and oxygen atoms in total. The zero-order valence-electron chi connectivity index (χ0n) is 10.7. The van der Waals surface area contributed by atoms with E-state index < -0.39 is 0 Å². The van der Waals surface area contributed by atoms with E-state index in [9.17, 15) is 0 Å². The molecule has 0 spiro atoms. The number of hydrogen-bond donors (Lipinski definition) is 1. The van der Waals surface area contributed by atoms with Gasteiger partial charge in [0.15, 0.2) is 0 Å². The monoisotopic (exact) mass is 226 g/mol. The minimum atomic E-state index is 0.437. The molecule has 0 bridgehead atoms. The predicted octanol–water partition coefficient (Wildman–Crippen LogP) is 1.63. The largest absolute Gasteiger partial charge is 0.374 e. The Morgan fingerprint density at radius 1 is 1.50 bits per heavy atom. The van der Waals surface area contributed by atoms with Crippen LogP contribution in [0.5, 0.6) is 0 Å². The lowest BCUT2D eigenvalue weighted by molar-refractivity contribution is -0.0555. The van der Waals surface area contributed by atoms with Crippen LogP contribution in [0.1, 0.15) is 39.5 Å². The van der Waals surface area contributed by atoms with Gasteiger partial charge in [0.1, 0.15) is 0 Å². The van der Waals surface area contributed by atoms with E-state index >= 15 is 0 Å². The molecule has 0 saturated carbocycles. The summed E-state index contributed by atoms with van der Waals surface area (Å²) >= 11 is 0. The summed E-state index contributed by atoms with van der Waals surface area (Å²) < 4.78 is 5.86. The molecule has 0 radical (unpaired) electrons. The van der Waals surface area contributed by atoms with Crippen molar-refractivity contribution >= 4 is 0 Å². The summed E-state index contributed by atoms with van der Waals surface area (Å²) in [6, 6.07) is 1.34. The predicted molar refractivity (Wildman–Crippen MR) is 66.7 cm³/mol. The standard InChI is InChI=1S/C13H26N2O/c1-3-4-5-11(2)15-8-6-12-13(10-15)16-9-7-14-12/h11-14H,3-10H2,1-2H3/t11?,12-,13-/m1/s1. The molecule has 0 aliphatic carbocycles. The van der Waals surface area contributed by atoms with Gasteiger partial charge in [-0.05, 0) is 19.8 Å². The molecule has 16 heavy (non-hydrogen) atoms. The molecule has 3 atom stereocenters. The van der Waals surface area contributed by atoms with Crippen LogP contribution in [0, 0.1) is 0 Å². The topological polar surface area (TPSA) is 24.5 Å². The van der Waals surface area contributed by atoms with Crippen LogP contribution in [-0.2, 0) is 4.74 Å². The number of rotatable bonds is 4. The van der Waals surface area contributed by atoms with Gasteiger partial charge < -0.3 is 10.1 Å². The third-order valence-electron chi connectivity index (χ3n) is 4.03. The van der Waals surface area contributed by atoms with Crippen molar-refractivity contribution < 1.29 is 4.74 Å². The highest BCUT2D eigenvalue weighted by Crippen LogP contribution is 2.20. The molecule has 2 saturated heterocycles. The first-order chi connectivity index (χ1) is 7.81. The maximum absolute atomic E-state index is 5.86. The smallest absolute Gasteiger partial charge is 0.0855 e. The Labute approximate surface area is 99.5 Å². The highest BCUT2D eigenvalue weighted by atomic mass is 16.5. The summed E-state index contributed by atoms with van der Waals surface area (Å²) in [5.74, 6) is 0. The van der Waals surface area contributed by atoms with E-state index in [2.05, 4.69) is 24.1 Å². The highest BCUT2D eigenvalue weighted by molar-refractivity contribution is 4.89. The quantitative estimate of drug-likeness (QED) is 0.788. The second-order valence-corrected chi connectivity index (χ2v) is 5.24. The van der Waals surface area contributed by atoms with Gasteiger partial charge in [0.25, 0.3) is 0 Å². The summed E-state index contributed by atoms with van der Waals surface area (Å²) in [6.45, 7) is 8.93. The number of nitrogens with zero attached hydrogens (tertiary/aromatic N) is 1. The molecule has 2 aliphatic heterocycles. The molecule has 94 valence electrons. The highest BCUT2D eigenvalue weighted by Gasteiger charge is 2.33. The number of unbranched alkanes of at least 4 members (excludes halogenated alkanes) is 1. The van der Waals surface area contributed by atoms with Crippen LogP contribution >= 0.6 is 0 Å². The maximum Gasteiger partial charge on any atom is 0.0855 e. The van der Waals surface area contributed by atoms with Crippen LogP contribution in [0.15, 0.2) is 0 Å². The van der Waals surface area contributed by atoms with E-state index in [0.29, 0.717) is 12.1 Å². The number of nitrogens with one attached hydrogen (secondary N) is 1. The summed E-state index contributed by atoms with van der Waals surface area (Å²) in [7, 11) is 0. The lowest BCUT2D eigenvalue weighted by Gasteiger charge is -2.43. The van der Waals surface area contributed by atoms with Crippen molar-refractivity contribution in [1.82, 2.24) is 10.2 Å². The molecule has 0 aromatic heterocycles. The Hall–Kier alpha value is -0.120. The molecular formula is C13H26N2O. The van der Waals surface area contributed by atoms with Crippen molar-refractivity contribution in [3.63, 3.8) is 0 Å². The molecule has 2 heterocycles. The van der Waals surface area contributed by atoms with Gasteiger partial charge in [-0.3, -0.25) is 4.90 Å². The van der Waals surface area contributed by atoms with Crippen molar-refractivity contribution in [2.45, 2.75) is 57.7 Å². The van der Waals surface area contributed by atoms with Crippen LogP contribution < -0.4 is 5.32 Å². The van der Waals surface area contributed by atoms with Crippen LogP contribution in [-0.4, -0.2) is 49.3 Å². The molecule has 1 N–H and O–H groups in total. The van der Waals surface area contributed by atoms with E-state index in [1.807, 2.05) is 0 Å². The lowest BCUT2D eigenvalue weighted by Crippen LogP contribution is -2.59. The average molecular weight is 226 g/mol. The third kappa shape index (κ3) is 2.96. The first kappa shape index (κ1) is 12.3. The van der Waals surface area contributed by atoms with Gasteiger partial charge in [-0.15, -0.1) is 0 Å². The number of likely N-dealkylation sites (tertiary alicyclic amines) is 1. The molecule has 2 rings (SSSR count). The van der Waals surface area contributed by atoms with Crippen molar-refractivity contribution in [1.29, 1.82) is 0 Å². The Kier molecular flexibility index (Phi) is 4.62. The van der Waals surface area contributed by atoms with Gasteiger partial charge in [-0.2, -0.15) is 0 Å². The third-order valence-corrected chi connectivity index (χ3v) is 4.03. The van der Waals surface area contributed by atoms with Crippen LogP contribution in [0.3, 0.4) is 0 Å². The fourth-order valence-electron chi connectivity index (χ4n) is 2.88. The molecule has 1 unspecified atom stereocenters. The average Bonchev–Trinajstić information content (AvgIpc) is 2.35. The first-order valence-electron chi connectivity index (χ1n) is 6.90. The number of morpholine rings is 1. The van der Waals surface area contributed by atoms with E-state index in [-0.39, 0.29) is 0 Å². The van der Waals surface area contributed by atoms with E-state index in [4.69, 9.17) is 4.74 Å². The number of hydrogen-bond acceptors (Lipinski definition) is 3. The van der Waals surface area contributed by atoms with E-state index in [1.165, 1.54) is 32.2 Å². The lowest BCUT2D eigenvalue weighted by atomic mass is 9.98. The van der Waals surface area contributed by atoms with Gasteiger partial charge in [0.2, 0.25) is 0 Å². The Morgan fingerprint density at radius 3 is 3.19 bits per heavy atom. The molecule has 0 aromatic carbocycles. The Bertz CT molecular complexity index is 210. The Balaban J connectivity index is 1.79. The fourth-order valence-corrected chi connectivity index (χ4v) is 2.88. The minimum Gasteiger partial charge on any atom is -0.374 e. The second-order valence-electron chi connectivity index (χ2n) is 5.24. The maximum atomic E-state index is 5.86. The first-order valence-corrected chi connectivity index (χ1v) is 6.90. The van der Waals surface area contributed by atoms with Crippen LogP contribution in [0.2, 0.25) is 0 Å². The minimum absolute atomic E-state index is 0.437. The van der Waals surface area contributed by atoms with Gasteiger partial charge in [-0.1, -0.05) is 19.8 Å². The van der Waals surface area contributed by atoms with Crippen molar-refractivity contribution in [2.24, 2.45) is 0 Å². The van der Waals surface area contributed by atoms with Gasteiger partial charge in [-0.25, -0.2) is 0 Å². The number of ether oxygens (including phenoxy) is 1. The summed E-state index contributed by atoms with van der Waals surface area (Å²) in [6.07, 6.45) is 5.68. The molecule has 2 fully saturated rings. The summed E-state index contributed by atoms with van der Waals surface area (Å²) in [5.41, 5.74) is 0. The van der Waals surface area contributed by atoms with Crippen molar-refractivity contribution in [3.8, 4) is 0 Å². The zero-order valence-corrected chi connectivity index (χ0v) is 10.7. The molecule has 3 heteroatoms. The molecule has 0 aromatic rings. The van der Waals surface area contributed by atoms with Gasteiger partial charge >= 0.3 is 0 Å². The van der Waals surface area contributed by atoms with E-state index in [0.717, 1.165) is 25.7 Å². The molecule has 0 amide bonds. The summed E-state index contributed by atoms with van der Waals surface area (Å²) in [4.78, 5) is 2.61. The van der Waals surface area contributed by atoms with Gasteiger partial charge in [0.05, 0.1) is 12.7 Å². The van der Waals surface area contributed by atoms with Crippen molar-refractivity contribution in [3.05, 3.63) is 0 Å². The van der Waals surface area contributed by atoms with Crippen molar-refractivity contribution in [2.75, 3.05) is 26.2 Å². The van der Waals surface area contributed by atoms with Crippen LogP contribution in [0.4, 0.5) is 0 Å². The summed E-state index contributed by atoms with van der Waals surface area (Å²) in [5, 5.41) is 3.57. The number of fused-ring (bicyclic) bond motifs is 1. The fraction of sp³-hybridized carbons (Fsp3) is 1.00. The van der Waals surface area contributed by atoms with E-state index in [1.54, 1.807) is 0 Å². The second kappa shape index (κ2) is 5.99. The molecular weight excluding hydrogens is 200 g/mol. The van der Waals surface area contributed by atoms with Crippen LogP contribution in [0.25, 0.3) is 0 Å².